The molecule has 2 N–H and O–H groups in total. The van der Waals surface area contributed by atoms with E-state index in [1.165, 1.54) is 6.07 Å². The fraction of sp³-hybridized carbons (Fsp3) is 0.214. The minimum absolute atomic E-state index is 0.171. The van der Waals surface area contributed by atoms with Crippen LogP contribution in [0.3, 0.4) is 0 Å². The number of halogens is 2. The molecule has 0 aliphatic rings. The number of carbonyl (C=O) groups is 1. The van der Waals surface area contributed by atoms with E-state index >= 15 is 0 Å². The van der Waals surface area contributed by atoms with E-state index in [0.717, 1.165) is 17.9 Å². The van der Waals surface area contributed by atoms with Crippen molar-refractivity contribution in [2.75, 3.05) is 5.32 Å². The number of urea groups is 1. The normalized spacial score (nSPS) is 12.0. The Labute approximate surface area is 114 Å². The topological polar surface area (TPSA) is 54.3 Å². The number of anilines is 1. The third kappa shape index (κ3) is 3.34. The van der Waals surface area contributed by atoms with Gasteiger partial charge in [-0.05, 0) is 38.1 Å². The van der Waals surface area contributed by atoms with Crippen molar-refractivity contribution in [1.29, 1.82) is 0 Å². The van der Waals surface area contributed by atoms with E-state index in [-0.39, 0.29) is 11.7 Å². The van der Waals surface area contributed by atoms with Gasteiger partial charge in [0.2, 0.25) is 0 Å². The van der Waals surface area contributed by atoms with E-state index in [9.17, 15) is 13.6 Å². The lowest BCUT2D eigenvalue weighted by molar-refractivity contribution is 0.247. The first-order valence-corrected chi connectivity index (χ1v) is 6.04. The zero-order valence-corrected chi connectivity index (χ0v) is 11.0. The largest absolute Gasteiger partial charge is 0.464 e. The molecule has 1 heterocycles. The lowest BCUT2D eigenvalue weighted by Crippen LogP contribution is -2.31. The summed E-state index contributed by atoms with van der Waals surface area (Å²) in [6.07, 6.45) is 0. The van der Waals surface area contributed by atoms with Crippen molar-refractivity contribution >= 4 is 11.7 Å². The number of furan rings is 1. The van der Waals surface area contributed by atoms with Gasteiger partial charge in [-0.3, -0.25) is 0 Å². The minimum Gasteiger partial charge on any atom is -0.464 e. The van der Waals surface area contributed by atoms with Crippen LogP contribution >= 0.6 is 0 Å². The highest BCUT2D eigenvalue weighted by Crippen LogP contribution is 2.16. The maximum atomic E-state index is 13.0. The summed E-state index contributed by atoms with van der Waals surface area (Å²) in [5, 5.41) is 5.05. The quantitative estimate of drug-likeness (QED) is 0.899. The summed E-state index contributed by atoms with van der Waals surface area (Å²) in [6.45, 7) is 3.56. The van der Waals surface area contributed by atoms with E-state index in [1.54, 1.807) is 26.0 Å². The highest BCUT2D eigenvalue weighted by atomic mass is 19.2. The fourth-order valence-electron chi connectivity index (χ4n) is 1.69. The summed E-state index contributed by atoms with van der Waals surface area (Å²) in [5.41, 5.74) is 0.171. The minimum atomic E-state index is -1.02. The summed E-state index contributed by atoms with van der Waals surface area (Å²) < 4.78 is 31.1. The van der Waals surface area contributed by atoms with Gasteiger partial charge in [-0.2, -0.15) is 0 Å². The standard InChI is InChI=1S/C14H14F2N2O2/c1-8-3-6-13(20-8)9(2)17-14(19)18-10-4-5-11(15)12(16)7-10/h3-7,9H,1-2H3,(H2,17,18,19)/t9-/m0/s1. The summed E-state index contributed by atoms with van der Waals surface area (Å²) in [4.78, 5) is 11.7. The molecule has 2 rings (SSSR count). The van der Waals surface area contributed by atoms with Crippen LogP contribution in [0, 0.1) is 18.6 Å². The number of hydrogen-bond acceptors (Lipinski definition) is 2. The predicted molar refractivity (Wildman–Crippen MR) is 70.4 cm³/mol. The maximum Gasteiger partial charge on any atom is 0.319 e. The molecule has 1 aromatic heterocycles. The zero-order chi connectivity index (χ0) is 14.7. The number of rotatable bonds is 3. The first-order chi connectivity index (χ1) is 9.45. The van der Waals surface area contributed by atoms with Crippen LogP contribution in [0.25, 0.3) is 0 Å². The summed E-state index contributed by atoms with van der Waals surface area (Å²) >= 11 is 0. The van der Waals surface area contributed by atoms with Crippen molar-refractivity contribution in [3.63, 3.8) is 0 Å². The Bertz CT molecular complexity index is 625. The van der Waals surface area contributed by atoms with Crippen LogP contribution in [0.15, 0.2) is 34.7 Å². The lowest BCUT2D eigenvalue weighted by atomic mass is 10.2. The van der Waals surface area contributed by atoms with Crippen molar-refractivity contribution in [1.82, 2.24) is 5.32 Å². The van der Waals surface area contributed by atoms with Gasteiger partial charge >= 0.3 is 6.03 Å². The van der Waals surface area contributed by atoms with Crippen molar-refractivity contribution < 1.29 is 18.0 Å². The molecule has 1 aromatic carbocycles. The van der Waals surface area contributed by atoms with E-state index in [0.29, 0.717) is 5.76 Å². The molecule has 20 heavy (non-hydrogen) atoms. The molecule has 1 atom stereocenters. The zero-order valence-electron chi connectivity index (χ0n) is 11.0. The molecule has 6 heteroatoms. The van der Waals surface area contributed by atoms with Gasteiger partial charge in [0.25, 0.3) is 0 Å². The smallest absolute Gasteiger partial charge is 0.319 e. The Balaban J connectivity index is 1.96. The second-order valence-electron chi connectivity index (χ2n) is 4.40. The number of benzene rings is 1. The Hall–Kier alpha value is -2.37. The number of nitrogens with one attached hydrogen (secondary N) is 2. The second kappa shape index (κ2) is 5.73. The summed E-state index contributed by atoms with van der Waals surface area (Å²) in [7, 11) is 0. The van der Waals surface area contributed by atoms with Gasteiger partial charge in [-0.15, -0.1) is 0 Å². The summed E-state index contributed by atoms with van der Waals surface area (Å²) in [6, 6.07) is 5.82. The molecule has 0 spiro atoms. The average Bonchev–Trinajstić information content (AvgIpc) is 2.80. The van der Waals surface area contributed by atoms with Crippen LogP contribution in [-0.4, -0.2) is 6.03 Å². The molecule has 0 radical (unpaired) electrons. The molecule has 106 valence electrons. The van der Waals surface area contributed by atoms with E-state index < -0.39 is 17.7 Å². The molecule has 0 bridgehead atoms. The molecule has 0 saturated carbocycles. The second-order valence-corrected chi connectivity index (χ2v) is 4.40. The van der Waals surface area contributed by atoms with Gasteiger partial charge < -0.3 is 15.1 Å². The Morgan fingerprint density at radius 2 is 1.95 bits per heavy atom. The molecule has 0 saturated heterocycles. The van der Waals surface area contributed by atoms with E-state index in [1.807, 2.05) is 0 Å². The Morgan fingerprint density at radius 1 is 1.20 bits per heavy atom. The van der Waals surface area contributed by atoms with Gasteiger partial charge in [0.1, 0.15) is 11.5 Å². The van der Waals surface area contributed by atoms with Crippen LogP contribution in [0.5, 0.6) is 0 Å². The predicted octanol–water partition coefficient (Wildman–Crippen LogP) is 3.75. The average molecular weight is 280 g/mol. The van der Waals surface area contributed by atoms with E-state index in [2.05, 4.69) is 10.6 Å². The third-order valence-corrected chi connectivity index (χ3v) is 2.71. The highest BCUT2D eigenvalue weighted by molar-refractivity contribution is 5.89. The lowest BCUT2D eigenvalue weighted by Gasteiger charge is -2.12. The van der Waals surface area contributed by atoms with Crippen molar-refractivity contribution in [2.45, 2.75) is 19.9 Å². The first kappa shape index (κ1) is 14.0. The third-order valence-electron chi connectivity index (χ3n) is 2.71. The molecule has 2 aromatic rings. The number of hydrogen-bond donors (Lipinski definition) is 2. The Kier molecular flexibility index (Phi) is 4.02. The van der Waals surface area contributed by atoms with Gasteiger partial charge in [0.15, 0.2) is 11.6 Å². The monoisotopic (exact) mass is 280 g/mol. The first-order valence-electron chi connectivity index (χ1n) is 6.04. The number of amides is 2. The molecular weight excluding hydrogens is 266 g/mol. The van der Waals surface area contributed by atoms with Crippen molar-refractivity contribution in [2.24, 2.45) is 0 Å². The van der Waals surface area contributed by atoms with Gasteiger partial charge in [0, 0.05) is 11.8 Å². The molecule has 0 aliphatic carbocycles. The molecule has 0 aliphatic heterocycles. The van der Waals surface area contributed by atoms with Crippen molar-refractivity contribution in [3.8, 4) is 0 Å². The maximum absolute atomic E-state index is 13.0. The van der Waals surface area contributed by atoms with E-state index in [4.69, 9.17) is 4.42 Å². The Morgan fingerprint density at radius 3 is 2.55 bits per heavy atom. The van der Waals surface area contributed by atoms with Crippen LogP contribution in [-0.2, 0) is 0 Å². The SMILES string of the molecule is Cc1ccc([C@H](C)NC(=O)Nc2ccc(F)c(F)c2)o1. The molecule has 0 unspecified atom stereocenters. The molecule has 4 nitrogen and oxygen atoms in total. The van der Waals surface area contributed by atoms with Crippen LogP contribution in [0.1, 0.15) is 24.5 Å². The molecular formula is C14H14F2N2O2. The van der Waals surface area contributed by atoms with Gasteiger partial charge in [0.05, 0.1) is 6.04 Å². The molecule has 2 amide bonds. The van der Waals surface area contributed by atoms with Gasteiger partial charge in [-0.1, -0.05) is 0 Å². The van der Waals surface area contributed by atoms with Crippen LogP contribution in [0.4, 0.5) is 19.3 Å². The fourth-order valence-corrected chi connectivity index (χ4v) is 1.69. The van der Waals surface area contributed by atoms with Crippen molar-refractivity contribution in [3.05, 3.63) is 53.5 Å². The highest BCUT2D eigenvalue weighted by Gasteiger charge is 2.13. The van der Waals surface area contributed by atoms with Crippen LogP contribution < -0.4 is 10.6 Å². The number of aryl methyl sites for hydroxylation is 1. The number of carbonyl (C=O) groups excluding carboxylic acids is 1. The van der Waals surface area contributed by atoms with Crippen LogP contribution in [0.2, 0.25) is 0 Å². The molecule has 0 fully saturated rings. The summed E-state index contributed by atoms with van der Waals surface area (Å²) in [5.74, 6) is -0.620. The van der Waals surface area contributed by atoms with Gasteiger partial charge in [-0.25, -0.2) is 13.6 Å².